The first-order valence-corrected chi connectivity index (χ1v) is 9.50. The predicted molar refractivity (Wildman–Crippen MR) is 105 cm³/mol. The molecule has 0 aliphatic heterocycles. The Bertz CT molecular complexity index is 731. The first-order chi connectivity index (χ1) is 13.6. The van der Waals surface area contributed by atoms with Gasteiger partial charge >= 0.3 is 5.97 Å². The number of rotatable bonds is 11. The second-order valence-corrected chi connectivity index (χ2v) is 5.98. The second kappa shape index (κ2) is 11.3. The number of esters is 1. The van der Waals surface area contributed by atoms with Crippen molar-refractivity contribution in [3.8, 4) is 11.5 Å². The quantitative estimate of drug-likeness (QED) is 0.592. The molecule has 0 aliphatic carbocycles. The maximum Gasteiger partial charge on any atom is 0.338 e. The maximum atomic E-state index is 12.2. The van der Waals surface area contributed by atoms with Gasteiger partial charge in [0.25, 0.3) is 0 Å². The van der Waals surface area contributed by atoms with Crippen LogP contribution in [0.5, 0.6) is 11.5 Å². The standard InChI is InChI=1S/C22H28O6/c1-4-25-19-14-17(28-15-16-10-8-7-9-11-16)12-13-18(19)20(23)21(26-5-2)22(24)27-6-3/h7-14,20-21,23H,4-6,15H2,1-3H3. The summed E-state index contributed by atoms with van der Waals surface area (Å²) in [5.41, 5.74) is 1.49. The largest absolute Gasteiger partial charge is 0.493 e. The van der Waals surface area contributed by atoms with Crippen molar-refractivity contribution < 1.29 is 28.8 Å². The van der Waals surface area contributed by atoms with Gasteiger partial charge in [-0.05, 0) is 38.5 Å². The molecular weight excluding hydrogens is 360 g/mol. The zero-order chi connectivity index (χ0) is 20.4. The lowest BCUT2D eigenvalue weighted by Crippen LogP contribution is -2.33. The van der Waals surface area contributed by atoms with Crippen LogP contribution in [0.2, 0.25) is 0 Å². The molecule has 6 nitrogen and oxygen atoms in total. The highest BCUT2D eigenvalue weighted by molar-refractivity contribution is 5.76. The number of hydrogen-bond acceptors (Lipinski definition) is 6. The highest BCUT2D eigenvalue weighted by Gasteiger charge is 2.32. The van der Waals surface area contributed by atoms with E-state index in [1.165, 1.54) is 0 Å². The van der Waals surface area contributed by atoms with Gasteiger partial charge in [-0.15, -0.1) is 0 Å². The molecular formula is C22H28O6. The van der Waals surface area contributed by atoms with Gasteiger partial charge in [-0.3, -0.25) is 0 Å². The molecule has 2 unspecified atom stereocenters. The minimum atomic E-state index is -1.22. The monoisotopic (exact) mass is 388 g/mol. The van der Waals surface area contributed by atoms with Crippen LogP contribution >= 0.6 is 0 Å². The summed E-state index contributed by atoms with van der Waals surface area (Å²) in [5.74, 6) is 0.436. The van der Waals surface area contributed by atoms with Crippen LogP contribution in [0.25, 0.3) is 0 Å². The number of aliphatic hydroxyl groups excluding tert-OH is 1. The molecule has 0 aliphatic rings. The summed E-state index contributed by atoms with van der Waals surface area (Å²) in [6.07, 6.45) is -2.34. The summed E-state index contributed by atoms with van der Waals surface area (Å²) in [6, 6.07) is 14.9. The summed E-state index contributed by atoms with van der Waals surface area (Å²) < 4.78 is 21.9. The normalized spacial score (nSPS) is 12.9. The fourth-order valence-electron chi connectivity index (χ4n) is 2.73. The van der Waals surface area contributed by atoms with Crippen molar-refractivity contribution in [3.05, 3.63) is 59.7 Å². The molecule has 0 spiro atoms. The molecule has 2 atom stereocenters. The van der Waals surface area contributed by atoms with Gasteiger partial charge in [0, 0.05) is 18.2 Å². The maximum absolute atomic E-state index is 12.2. The Kier molecular flexibility index (Phi) is 8.78. The summed E-state index contributed by atoms with van der Waals surface area (Å²) in [7, 11) is 0. The van der Waals surface area contributed by atoms with Crippen molar-refractivity contribution in [2.24, 2.45) is 0 Å². The molecule has 2 aromatic carbocycles. The topological polar surface area (TPSA) is 74.2 Å². The van der Waals surface area contributed by atoms with Crippen LogP contribution in [0.3, 0.4) is 0 Å². The van der Waals surface area contributed by atoms with Crippen molar-refractivity contribution in [2.45, 2.75) is 39.6 Å². The molecule has 0 bridgehead atoms. The van der Waals surface area contributed by atoms with Crippen LogP contribution in [0, 0.1) is 0 Å². The van der Waals surface area contributed by atoms with E-state index < -0.39 is 18.2 Å². The average molecular weight is 388 g/mol. The number of hydrogen-bond donors (Lipinski definition) is 1. The molecule has 0 aromatic heterocycles. The molecule has 2 aromatic rings. The van der Waals surface area contributed by atoms with Gasteiger partial charge in [-0.25, -0.2) is 4.79 Å². The molecule has 0 fully saturated rings. The lowest BCUT2D eigenvalue weighted by atomic mass is 10.0. The number of aliphatic hydroxyl groups is 1. The highest BCUT2D eigenvalue weighted by atomic mass is 16.6. The smallest absolute Gasteiger partial charge is 0.338 e. The lowest BCUT2D eigenvalue weighted by molar-refractivity contribution is -0.164. The minimum absolute atomic E-state index is 0.208. The molecule has 0 saturated heterocycles. The summed E-state index contributed by atoms with van der Waals surface area (Å²) in [5, 5.41) is 10.8. The Morgan fingerprint density at radius 3 is 2.36 bits per heavy atom. The molecule has 152 valence electrons. The summed E-state index contributed by atoms with van der Waals surface area (Å²) in [4.78, 5) is 12.2. The van der Waals surface area contributed by atoms with E-state index in [9.17, 15) is 9.90 Å². The summed E-state index contributed by atoms with van der Waals surface area (Å²) in [6.45, 7) is 6.60. The van der Waals surface area contributed by atoms with E-state index >= 15 is 0 Å². The number of carbonyl (C=O) groups is 1. The zero-order valence-electron chi connectivity index (χ0n) is 16.6. The first-order valence-electron chi connectivity index (χ1n) is 9.50. The number of carbonyl (C=O) groups excluding carboxylic acids is 1. The van der Waals surface area contributed by atoms with E-state index in [0.29, 0.717) is 30.3 Å². The second-order valence-electron chi connectivity index (χ2n) is 5.98. The molecule has 0 amide bonds. The van der Waals surface area contributed by atoms with Crippen molar-refractivity contribution in [2.75, 3.05) is 19.8 Å². The van der Waals surface area contributed by atoms with E-state index in [0.717, 1.165) is 5.56 Å². The number of ether oxygens (including phenoxy) is 4. The Morgan fingerprint density at radius 1 is 0.964 bits per heavy atom. The van der Waals surface area contributed by atoms with Gasteiger partial charge in [0.05, 0.1) is 13.2 Å². The van der Waals surface area contributed by atoms with E-state index in [1.807, 2.05) is 37.3 Å². The molecule has 0 radical (unpaired) electrons. The third-order valence-corrected chi connectivity index (χ3v) is 4.00. The van der Waals surface area contributed by atoms with Gasteiger partial charge in [-0.1, -0.05) is 30.3 Å². The molecule has 6 heteroatoms. The zero-order valence-corrected chi connectivity index (χ0v) is 16.6. The van der Waals surface area contributed by atoms with Gasteiger partial charge in [0.1, 0.15) is 24.2 Å². The Labute approximate surface area is 166 Å². The van der Waals surface area contributed by atoms with Crippen molar-refractivity contribution in [1.29, 1.82) is 0 Å². The fraction of sp³-hybridized carbons (Fsp3) is 0.409. The lowest BCUT2D eigenvalue weighted by Gasteiger charge is -2.23. The van der Waals surface area contributed by atoms with Crippen LogP contribution in [0.1, 0.15) is 38.0 Å². The third-order valence-electron chi connectivity index (χ3n) is 4.00. The van der Waals surface area contributed by atoms with Crippen molar-refractivity contribution in [3.63, 3.8) is 0 Å². The highest BCUT2D eigenvalue weighted by Crippen LogP contribution is 2.33. The van der Waals surface area contributed by atoms with E-state index in [4.69, 9.17) is 18.9 Å². The van der Waals surface area contributed by atoms with E-state index in [1.54, 1.807) is 32.0 Å². The van der Waals surface area contributed by atoms with Crippen LogP contribution in [-0.2, 0) is 20.9 Å². The predicted octanol–water partition coefficient (Wildman–Crippen LogP) is 3.67. The summed E-state index contributed by atoms with van der Waals surface area (Å²) >= 11 is 0. The molecule has 28 heavy (non-hydrogen) atoms. The minimum Gasteiger partial charge on any atom is -0.493 e. The SMILES string of the molecule is CCOC(=O)C(OCC)C(O)c1ccc(OCc2ccccc2)cc1OCC. The average Bonchev–Trinajstić information content (AvgIpc) is 2.71. The number of benzene rings is 2. The van der Waals surface area contributed by atoms with E-state index in [-0.39, 0.29) is 13.2 Å². The third kappa shape index (κ3) is 5.97. The van der Waals surface area contributed by atoms with E-state index in [2.05, 4.69) is 0 Å². The Morgan fingerprint density at radius 2 is 1.71 bits per heavy atom. The van der Waals surface area contributed by atoms with Gasteiger partial charge < -0.3 is 24.1 Å². The molecule has 0 saturated carbocycles. The van der Waals surface area contributed by atoms with Crippen LogP contribution in [0.15, 0.2) is 48.5 Å². The van der Waals surface area contributed by atoms with Gasteiger partial charge in [0.15, 0.2) is 6.10 Å². The molecule has 2 rings (SSSR count). The van der Waals surface area contributed by atoms with Crippen LogP contribution in [-0.4, -0.2) is 37.0 Å². The first kappa shape index (κ1) is 21.7. The Hall–Kier alpha value is -2.57. The van der Waals surface area contributed by atoms with Gasteiger partial charge in [0.2, 0.25) is 0 Å². The Balaban J connectivity index is 2.21. The molecule has 0 heterocycles. The van der Waals surface area contributed by atoms with Gasteiger partial charge in [-0.2, -0.15) is 0 Å². The van der Waals surface area contributed by atoms with Crippen molar-refractivity contribution in [1.82, 2.24) is 0 Å². The molecule has 1 N–H and O–H groups in total. The van der Waals surface area contributed by atoms with Crippen LogP contribution < -0.4 is 9.47 Å². The van der Waals surface area contributed by atoms with Crippen molar-refractivity contribution >= 4 is 5.97 Å². The van der Waals surface area contributed by atoms with Crippen LogP contribution in [0.4, 0.5) is 0 Å². The fourth-order valence-corrected chi connectivity index (χ4v) is 2.73.